The lowest BCUT2D eigenvalue weighted by atomic mass is 9.77. The molecule has 1 saturated heterocycles. The molecule has 4 heteroatoms. The van der Waals surface area contributed by atoms with Gasteiger partial charge in [0, 0.05) is 6.54 Å². The summed E-state index contributed by atoms with van der Waals surface area (Å²) in [6, 6.07) is 0. The van der Waals surface area contributed by atoms with Crippen molar-refractivity contribution in [3.8, 4) is 0 Å². The van der Waals surface area contributed by atoms with Crippen LogP contribution in [0.3, 0.4) is 0 Å². The predicted octanol–water partition coefficient (Wildman–Crippen LogP) is 2.47. The number of hydrogen-bond donors (Lipinski definition) is 1. The number of nitrogens with zero attached hydrogens (tertiary/aromatic N) is 1. The Labute approximate surface area is 127 Å². The Balaban J connectivity index is 1.93. The highest BCUT2D eigenvalue weighted by Crippen LogP contribution is 2.45. The van der Waals surface area contributed by atoms with Crippen molar-refractivity contribution >= 4 is 11.8 Å². The van der Waals surface area contributed by atoms with Crippen LogP contribution in [0.5, 0.6) is 0 Å². The number of piperazine rings is 1. The molecule has 21 heavy (non-hydrogen) atoms. The Morgan fingerprint density at radius 1 is 1.14 bits per heavy atom. The summed E-state index contributed by atoms with van der Waals surface area (Å²) in [5, 5.41) is 3.11. The zero-order valence-corrected chi connectivity index (χ0v) is 13.6. The second-order valence-corrected chi connectivity index (χ2v) is 7.38. The molecule has 0 radical (unpaired) electrons. The molecule has 1 heterocycles. The number of hydrogen-bond acceptors (Lipinski definition) is 2. The molecule has 1 aliphatic heterocycles. The first-order valence-corrected chi connectivity index (χ1v) is 8.62. The van der Waals surface area contributed by atoms with Crippen LogP contribution in [-0.2, 0) is 9.59 Å². The molecule has 0 aromatic heterocycles. The predicted molar refractivity (Wildman–Crippen MR) is 81.6 cm³/mol. The van der Waals surface area contributed by atoms with Crippen molar-refractivity contribution in [3.63, 3.8) is 0 Å². The number of rotatable bonds is 5. The molecule has 1 unspecified atom stereocenters. The van der Waals surface area contributed by atoms with Gasteiger partial charge < -0.3 is 10.2 Å². The molecule has 4 nitrogen and oxygen atoms in total. The lowest BCUT2D eigenvalue weighted by Crippen LogP contribution is -2.76. The van der Waals surface area contributed by atoms with Crippen LogP contribution in [0.4, 0.5) is 0 Å². The van der Waals surface area contributed by atoms with E-state index >= 15 is 0 Å². The van der Waals surface area contributed by atoms with Gasteiger partial charge in [0.15, 0.2) is 0 Å². The van der Waals surface area contributed by atoms with Gasteiger partial charge in [-0.25, -0.2) is 0 Å². The molecule has 2 amide bonds. The minimum atomic E-state index is -0.658. The van der Waals surface area contributed by atoms with Gasteiger partial charge in [-0.2, -0.15) is 0 Å². The summed E-state index contributed by atoms with van der Waals surface area (Å²) in [4.78, 5) is 28.0. The highest BCUT2D eigenvalue weighted by atomic mass is 16.2. The minimum Gasteiger partial charge on any atom is -0.340 e. The molecular weight excluding hydrogens is 264 g/mol. The molecule has 0 spiro atoms. The van der Waals surface area contributed by atoms with E-state index in [0.29, 0.717) is 24.7 Å². The van der Waals surface area contributed by atoms with Crippen LogP contribution < -0.4 is 5.32 Å². The van der Waals surface area contributed by atoms with Crippen molar-refractivity contribution in [3.05, 3.63) is 0 Å². The van der Waals surface area contributed by atoms with Crippen LogP contribution >= 0.6 is 0 Å². The number of amides is 2. The summed E-state index contributed by atoms with van der Waals surface area (Å²) in [6.45, 7) is 6.78. The van der Waals surface area contributed by atoms with Gasteiger partial charge in [0.25, 0.3) is 0 Å². The molecule has 2 saturated carbocycles. The summed E-state index contributed by atoms with van der Waals surface area (Å²) in [7, 11) is 0. The topological polar surface area (TPSA) is 49.4 Å². The Morgan fingerprint density at radius 3 is 2.19 bits per heavy atom. The maximum Gasteiger partial charge on any atom is 0.249 e. The molecule has 118 valence electrons. The van der Waals surface area contributed by atoms with E-state index in [4.69, 9.17) is 0 Å². The van der Waals surface area contributed by atoms with Crippen molar-refractivity contribution in [2.45, 2.75) is 76.8 Å². The minimum absolute atomic E-state index is 0.0702. The van der Waals surface area contributed by atoms with Crippen molar-refractivity contribution in [1.82, 2.24) is 10.2 Å². The van der Waals surface area contributed by atoms with Gasteiger partial charge in [0.2, 0.25) is 11.8 Å². The van der Waals surface area contributed by atoms with E-state index in [1.807, 2.05) is 25.7 Å². The summed E-state index contributed by atoms with van der Waals surface area (Å²) in [6.07, 6.45) is 7.20. The Hall–Kier alpha value is -1.06. The highest BCUT2D eigenvalue weighted by Gasteiger charge is 2.60. The highest BCUT2D eigenvalue weighted by molar-refractivity contribution is 6.02. The molecule has 3 rings (SSSR count). The van der Waals surface area contributed by atoms with E-state index in [9.17, 15) is 9.59 Å². The van der Waals surface area contributed by atoms with E-state index in [-0.39, 0.29) is 11.8 Å². The zero-order chi connectivity index (χ0) is 15.3. The molecule has 0 aromatic rings. The fraction of sp³-hybridized carbons (Fsp3) is 0.882. The van der Waals surface area contributed by atoms with E-state index in [0.717, 1.165) is 19.4 Å². The van der Waals surface area contributed by atoms with Gasteiger partial charge in [-0.3, -0.25) is 9.59 Å². The Morgan fingerprint density at radius 2 is 1.76 bits per heavy atom. The molecule has 2 aliphatic carbocycles. The summed E-state index contributed by atoms with van der Waals surface area (Å²) in [5.74, 6) is 1.17. The molecule has 1 N–H and O–H groups in total. The van der Waals surface area contributed by atoms with Crippen LogP contribution in [0.2, 0.25) is 0 Å². The average molecular weight is 292 g/mol. The van der Waals surface area contributed by atoms with Gasteiger partial charge in [-0.05, 0) is 57.3 Å². The van der Waals surface area contributed by atoms with Gasteiger partial charge in [0.05, 0.1) is 0 Å². The van der Waals surface area contributed by atoms with E-state index in [1.54, 1.807) is 0 Å². The summed E-state index contributed by atoms with van der Waals surface area (Å²) < 4.78 is 0. The zero-order valence-electron chi connectivity index (χ0n) is 13.6. The number of carbonyl (C=O) groups is 2. The van der Waals surface area contributed by atoms with E-state index in [1.165, 1.54) is 19.3 Å². The monoisotopic (exact) mass is 292 g/mol. The lowest BCUT2D eigenvalue weighted by Gasteiger charge is -2.53. The number of carbonyl (C=O) groups excluding carboxylic acids is 2. The first-order chi connectivity index (χ1) is 9.98. The Kier molecular flexibility index (Phi) is 3.53. The fourth-order valence-electron chi connectivity index (χ4n) is 4.08. The quantitative estimate of drug-likeness (QED) is 0.846. The summed E-state index contributed by atoms with van der Waals surface area (Å²) in [5.41, 5.74) is -1.28. The van der Waals surface area contributed by atoms with E-state index < -0.39 is 11.1 Å². The third-order valence-corrected chi connectivity index (χ3v) is 6.23. The first-order valence-electron chi connectivity index (χ1n) is 8.62. The largest absolute Gasteiger partial charge is 0.340 e. The number of nitrogens with one attached hydrogen (secondary N) is 1. The molecule has 0 aromatic carbocycles. The van der Waals surface area contributed by atoms with Crippen LogP contribution in [0, 0.1) is 11.8 Å². The van der Waals surface area contributed by atoms with Crippen LogP contribution in [-0.4, -0.2) is 34.3 Å². The van der Waals surface area contributed by atoms with E-state index in [2.05, 4.69) is 5.32 Å². The standard InChI is InChI=1S/C17H28N2O2/c1-4-17(5-2)14(20)18-16(3,13-9-10-13)15(21)19(17)11-12-7-6-8-12/h12-13H,4-11H2,1-3H3,(H,18,20). The molecule has 3 aliphatic rings. The van der Waals surface area contributed by atoms with Crippen molar-refractivity contribution in [1.29, 1.82) is 0 Å². The van der Waals surface area contributed by atoms with Crippen molar-refractivity contribution in [2.24, 2.45) is 11.8 Å². The average Bonchev–Trinajstić information content (AvgIpc) is 3.24. The smallest absolute Gasteiger partial charge is 0.249 e. The Bertz CT molecular complexity index is 450. The van der Waals surface area contributed by atoms with Gasteiger partial charge in [-0.1, -0.05) is 20.3 Å². The van der Waals surface area contributed by atoms with Crippen LogP contribution in [0.25, 0.3) is 0 Å². The SMILES string of the molecule is CCC1(CC)C(=O)NC(C)(C2CC2)C(=O)N1CC1CCC1. The van der Waals surface area contributed by atoms with Gasteiger partial charge in [0.1, 0.15) is 11.1 Å². The van der Waals surface area contributed by atoms with Gasteiger partial charge >= 0.3 is 0 Å². The molecular formula is C17H28N2O2. The first kappa shape index (κ1) is 14.9. The second kappa shape index (κ2) is 4.99. The second-order valence-electron chi connectivity index (χ2n) is 7.38. The normalized spacial score (nSPS) is 32.8. The molecule has 3 fully saturated rings. The molecule has 1 atom stereocenters. The maximum absolute atomic E-state index is 13.2. The molecule has 0 bridgehead atoms. The fourth-order valence-corrected chi connectivity index (χ4v) is 4.08. The third kappa shape index (κ3) is 2.09. The maximum atomic E-state index is 13.2. The van der Waals surface area contributed by atoms with Crippen LogP contribution in [0.1, 0.15) is 65.7 Å². The van der Waals surface area contributed by atoms with Crippen molar-refractivity contribution in [2.75, 3.05) is 6.54 Å². The summed E-state index contributed by atoms with van der Waals surface area (Å²) >= 11 is 0. The van der Waals surface area contributed by atoms with Crippen LogP contribution in [0.15, 0.2) is 0 Å². The van der Waals surface area contributed by atoms with Gasteiger partial charge in [-0.15, -0.1) is 0 Å². The third-order valence-electron chi connectivity index (χ3n) is 6.23. The van der Waals surface area contributed by atoms with Crippen molar-refractivity contribution < 1.29 is 9.59 Å². The lowest BCUT2D eigenvalue weighted by molar-refractivity contribution is -0.166.